The first-order valence-corrected chi connectivity index (χ1v) is 14.3. The molecule has 0 bridgehead atoms. The molecule has 3 aromatic carbocycles. The van der Waals surface area contributed by atoms with Crippen molar-refractivity contribution < 1.29 is 24.1 Å². The monoisotopic (exact) mass is 775 g/mol. The topological polar surface area (TPSA) is 107 Å². The summed E-state index contributed by atoms with van der Waals surface area (Å²) in [5.41, 5.74) is 2.28. The standard InChI is InChI=1S/C26H20ClI2N3O5S/c1-35-17-10-16(11-18(12-17)36-2)24-30-26(32-31-24)38-22(25(33)34)9-14-7-20(28)23(21(29)8-14)37-13-15-5-3-4-6-19(15)27/h3-12H,13H2,1-2H3,(H,33,34)(H,30,31,32)/b22-9-. The maximum atomic E-state index is 12.1. The quantitative estimate of drug-likeness (QED) is 0.0995. The second kappa shape index (κ2) is 13.0. The first-order valence-electron chi connectivity index (χ1n) is 10.9. The number of carboxylic acids is 1. The second-order valence-corrected chi connectivity index (χ2v) is 11.4. The molecule has 8 nitrogen and oxygen atoms in total. The summed E-state index contributed by atoms with van der Waals surface area (Å²) in [5, 5.41) is 17.8. The van der Waals surface area contributed by atoms with E-state index in [0.29, 0.717) is 45.8 Å². The molecule has 12 heteroatoms. The summed E-state index contributed by atoms with van der Waals surface area (Å²) in [5.74, 6) is 1.27. The van der Waals surface area contributed by atoms with Gasteiger partial charge in [0, 0.05) is 22.2 Å². The molecule has 2 N–H and O–H groups in total. The maximum absolute atomic E-state index is 12.1. The number of halogens is 3. The summed E-state index contributed by atoms with van der Waals surface area (Å²) in [6.45, 7) is 0.323. The van der Waals surface area contributed by atoms with E-state index in [2.05, 4.69) is 60.4 Å². The Kier molecular flexibility index (Phi) is 9.79. The van der Waals surface area contributed by atoms with E-state index in [1.165, 1.54) is 0 Å². The Morgan fingerprint density at radius 1 is 1.08 bits per heavy atom. The van der Waals surface area contributed by atoms with Crippen LogP contribution in [0.15, 0.2) is 64.7 Å². The zero-order chi connectivity index (χ0) is 27.2. The number of nitrogens with zero attached hydrogens (tertiary/aromatic N) is 2. The largest absolute Gasteiger partial charge is 0.497 e. The van der Waals surface area contributed by atoms with Gasteiger partial charge in [0.1, 0.15) is 28.8 Å². The molecule has 1 heterocycles. The maximum Gasteiger partial charge on any atom is 0.342 e. The minimum atomic E-state index is -1.09. The van der Waals surface area contributed by atoms with Crippen LogP contribution in [-0.4, -0.2) is 40.5 Å². The van der Waals surface area contributed by atoms with Gasteiger partial charge in [0.05, 0.1) is 21.4 Å². The Labute approximate surface area is 255 Å². The van der Waals surface area contributed by atoms with Crippen LogP contribution in [0.2, 0.25) is 5.02 Å². The van der Waals surface area contributed by atoms with E-state index >= 15 is 0 Å². The number of benzene rings is 3. The average Bonchev–Trinajstić information content (AvgIpc) is 3.37. The minimum absolute atomic E-state index is 0.0649. The fraction of sp³-hybridized carbons (Fsp3) is 0.115. The minimum Gasteiger partial charge on any atom is -0.497 e. The lowest BCUT2D eigenvalue weighted by Gasteiger charge is -2.12. The van der Waals surface area contributed by atoms with Gasteiger partial charge < -0.3 is 19.3 Å². The van der Waals surface area contributed by atoms with Gasteiger partial charge in [0.25, 0.3) is 0 Å². The van der Waals surface area contributed by atoms with Crippen LogP contribution >= 0.6 is 68.5 Å². The molecule has 0 aliphatic heterocycles. The highest BCUT2D eigenvalue weighted by Crippen LogP contribution is 2.34. The van der Waals surface area contributed by atoms with Crippen LogP contribution in [0.1, 0.15) is 11.1 Å². The number of thioether (sulfide) groups is 1. The summed E-state index contributed by atoms with van der Waals surface area (Å²) < 4.78 is 18.3. The number of H-pyrrole nitrogens is 1. The van der Waals surface area contributed by atoms with E-state index in [1.54, 1.807) is 38.5 Å². The van der Waals surface area contributed by atoms with Gasteiger partial charge in [-0.2, -0.15) is 0 Å². The number of aromatic nitrogens is 3. The SMILES string of the molecule is COc1cc(OC)cc(-c2nc(S/C(=C\c3cc(I)c(OCc4ccccc4Cl)c(I)c3)C(=O)O)n[nH]2)c1. The molecular weight excluding hydrogens is 756 g/mol. The van der Waals surface area contributed by atoms with Crippen LogP contribution in [0.4, 0.5) is 0 Å². The lowest BCUT2D eigenvalue weighted by atomic mass is 10.2. The van der Waals surface area contributed by atoms with Gasteiger partial charge in [-0.1, -0.05) is 29.8 Å². The second-order valence-electron chi connectivity index (χ2n) is 7.68. The number of nitrogens with one attached hydrogen (secondary N) is 1. The van der Waals surface area contributed by atoms with E-state index in [9.17, 15) is 9.90 Å². The van der Waals surface area contributed by atoms with Gasteiger partial charge >= 0.3 is 5.97 Å². The fourth-order valence-electron chi connectivity index (χ4n) is 3.32. The fourth-order valence-corrected chi connectivity index (χ4v) is 6.34. The normalized spacial score (nSPS) is 11.3. The Morgan fingerprint density at radius 2 is 1.74 bits per heavy atom. The summed E-state index contributed by atoms with van der Waals surface area (Å²) >= 11 is 11.5. The third kappa shape index (κ3) is 7.12. The number of hydrogen-bond acceptors (Lipinski definition) is 7. The molecular formula is C26H20ClI2N3O5S. The number of hydrogen-bond donors (Lipinski definition) is 2. The van der Waals surface area contributed by atoms with E-state index in [0.717, 1.165) is 24.5 Å². The van der Waals surface area contributed by atoms with Crippen LogP contribution < -0.4 is 14.2 Å². The van der Waals surface area contributed by atoms with Gasteiger partial charge in [-0.25, -0.2) is 9.78 Å². The number of ether oxygens (including phenoxy) is 3. The van der Waals surface area contributed by atoms with Crippen molar-refractivity contribution in [3.63, 3.8) is 0 Å². The molecule has 0 spiro atoms. The molecule has 0 fully saturated rings. The third-order valence-electron chi connectivity index (χ3n) is 5.15. The molecule has 4 aromatic rings. The number of rotatable bonds is 10. The molecule has 1 aromatic heterocycles. The third-order valence-corrected chi connectivity index (χ3v) is 8.00. The molecule has 0 amide bonds. The Balaban J connectivity index is 1.54. The molecule has 4 rings (SSSR count). The Morgan fingerprint density at radius 3 is 2.34 bits per heavy atom. The van der Waals surface area contributed by atoms with Crippen LogP contribution in [0.3, 0.4) is 0 Å². The lowest BCUT2D eigenvalue weighted by molar-refractivity contribution is -0.131. The van der Waals surface area contributed by atoms with E-state index in [-0.39, 0.29) is 10.1 Å². The van der Waals surface area contributed by atoms with E-state index in [1.807, 2.05) is 36.4 Å². The highest BCUT2D eigenvalue weighted by molar-refractivity contribution is 14.1. The van der Waals surface area contributed by atoms with Crippen LogP contribution in [0.25, 0.3) is 17.5 Å². The zero-order valence-electron chi connectivity index (χ0n) is 20.0. The Hall–Kier alpha value is -2.49. The molecule has 0 aliphatic carbocycles. The molecule has 196 valence electrons. The molecule has 0 saturated carbocycles. The smallest absolute Gasteiger partial charge is 0.342 e. The van der Waals surface area contributed by atoms with Gasteiger partial charge in [0.15, 0.2) is 5.82 Å². The van der Waals surface area contributed by atoms with Crippen LogP contribution in [-0.2, 0) is 11.4 Å². The zero-order valence-corrected chi connectivity index (χ0v) is 25.9. The van der Waals surface area contributed by atoms with Crippen molar-refractivity contribution in [1.82, 2.24) is 15.2 Å². The van der Waals surface area contributed by atoms with Gasteiger partial charge in [0.2, 0.25) is 5.16 Å². The summed E-state index contributed by atoms with van der Waals surface area (Å²) in [6, 6.07) is 16.5. The lowest BCUT2D eigenvalue weighted by Crippen LogP contribution is -2.01. The molecule has 0 unspecified atom stereocenters. The predicted octanol–water partition coefficient (Wildman–Crippen LogP) is 7.15. The van der Waals surface area contributed by atoms with Gasteiger partial charge in [-0.05, 0) is 98.9 Å². The first kappa shape index (κ1) is 28.5. The predicted molar refractivity (Wildman–Crippen MR) is 164 cm³/mol. The molecule has 0 saturated heterocycles. The van der Waals surface area contributed by atoms with Crippen molar-refractivity contribution in [2.24, 2.45) is 0 Å². The number of methoxy groups -OCH3 is 2. The number of carbonyl (C=O) groups is 1. The van der Waals surface area contributed by atoms with Crippen molar-refractivity contribution in [3.05, 3.63) is 82.8 Å². The summed E-state index contributed by atoms with van der Waals surface area (Å²) in [6.07, 6.45) is 1.58. The molecule has 0 aliphatic rings. The number of aromatic amines is 1. The summed E-state index contributed by atoms with van der Waals surface area (Å²) in [4.78, 5) is 16.6. The van der Waals surface area contributed by atoms with E-state index in [4.69, 9.17) is 25.8 Å². The van der Waals surface area contributed by atoms with Crippen LogP contribution in [0, 0.1) is 7.14 Å². The number of carboxylic acid groups (broad SMARTS) is 1. The van der Waals surface area contributed by atoms with E-state index < -0.39 is 5.97 Å². The molecule has 0 radical (unpaired) electrons. The van der Waals surface area contributed by atoms with Crippen LogP contribution in [0.5, 0.6) is 17.2 Å². The molecule has 0 atom stereocenters. The van der Waals surface area contributed by atoms with Crippen molar-refractivity contribution >= 4 is 80.6 Å². The van der Waals surface area contributed by atoms with Gasteiger partial charge in [-0.3, -0.25) is 5.10 Å². The van der Waals surface area contributed by atoms with Gasteiger partial charge in [-0.15, -0.1) is 5.10 Å². The van der Waals surface area contributed by atoms with Crippen molar-refractivity contribution in [3.8, 4) is 28.6 Å². The molecule has 38 heavy (non-hydrogen) atoms. The first-order chi connectivity index (χ1) is 18.3. The highest BCUT2D eigenvalue weighted by atomic mass is 127. The van der Waals surface area contributed by atoms with Crippen molar-refractivity contribution in [2.75, 3.05) is 14.2 Å². The summed E-state index contributed by atoms with van der Waals surface area (Å²) in [7, 11) is 3.12. The Bertz CT molecular complexity index is 1470. The highest BCUT2D eigenvalue weighted by Gasteiger charge is 2.17. The van der Waals surface area contributed by atoms with Crippen molar-refractivity contribution in [1.29, 1.82) is 0 Å². The number of aliphatic carboxylic acids is 1. The van der Waals surface area contributed by atoms with Crippen molar-refractivity contribution in [2.45, 2.75) is 11.8 Å². The average molecular weight is 776 g/mol.